The quantitative estimate of drug-likeness (QED) is 0.732. The van der Waals surface area contributed by atoms with E-state index in [9.17, 15) is 9.59 Å². The largest absolute Gasteiger partial charge is 0.368 e. The molecule has 0 bridgehead atoms. The van der Waals surface area contributed by atoms with E-state index in [0.717, 1.165) is 50.4 Å². The topological polar surface area (TPSA) is 52.7 Å². The molecule has 0 saturated carbocycles. The highest BCUT2D eigenvalue weighted by atomic mass is 16.2. The van der Waals surface area contributed by atoms with Crippen molar-refractivity contribution in [2.45, 2.75) is 52.4 Å². The normalized spacial score (nSPS) is 14.5. The smallest absolute Gasteiger partial charge is 0.224 e. The summed E-state index contributed by atoms with van der Waals surface area (Å²) in [7, 11) is 0. The molecule has 25 heavy (non-hydrogen) atoms. The monoisotopic (exact) mass is 345 g/mol. The van der Waals surface area contributed by atoms with Gasteiger partial charge in [0.25, 0.3) is 0 Å². The molecule has 1 aromatic carbocycles. The summed E-state index contributed by atoms with van der Waals surface area (Å²) in [5.41, 5.74) is 1.99. The fourth-order valence-corrected chi connectivity index (χ4v) is 3.13. The summed E-state index contributed by atoms with van der Waals surface area (Å²) in [6, 6.07) is 8.01. The van der Waals surface area contributed by atoms with Gasteiger partial charge < -0.3 is 15.1 Å². The van der Waals surface area contributed by atoms with Gasteiger partial charge in [-0.25, -0.2) is 0 Å². The maximum atomic E-state index is 11.9. The van der Waals surface area contributed by atoms with Crippen molar-refractivity contribution >= 4 is 23.2 Å². The Balaban J connectivity index is 1.78. The maximum Gasteiger partial charge on any atom is 0.224 e. The Labute approximate surface area is 151 Å². The number of nitrogens with zero attached hydrogens (tertiary/aromatic N) is 2. The van der Waals surface area contributed by atoms with Crippen LogP contribution in [0.3, 0.4) is 0 Å². The lowest BCUT2D eigenvalue weighted by molar-refractivity contribution is -0.131. The number of anilines is 2. The summed E-state index contributed by atoms with van der Waals surface area (Å²) < 4.78 is 0. The first-order valence-electron chi connectivity index (χ1n) is 9.56. The number of nitrogens with one attached hydrogen (secondary N) is 1. The third-order valence-corrected chi connectivity index (χ3v) is 4.71. The lowest BCUT2D eigenvalue weighted by atomic mass is 10.1. The molecule has 1 aromatic rings. The number of amides is 2. The van der Waals surface area contributed by atoms with E-state index in [4.69, 9.17) is 0 Å². The average Bonchev–Trinajstić information content (AvgIpc) is 2.65. The molecule has 0 radical (unpaired) electrons. The van der Waals surface area contributed by atoms with Crippen molar-refractivity contribution in [3.05, 3.63) is 24.3 Å². The van der Waals surface area contributed by atoms with Crippen LogP contribution < -0.4 is 10.2 Å². The first kappa shape index (κ1) is 19.3. The van der Waals surface area contributed by atoms with Crippen LogP contribution in [0.5, 0.6) is 0 Å². The zero-order chi connectivity index (χ0) is 18.1. The Morgan fingerprint density at radius 1 is 0.960 bits per heavy atom. The molecular formula is C20H31N3O2. The minimum Gasteiger partial charge on any atom is -0.368 e. The van der Waals surface area contributed by atoms with Gasteiger partial charge in [-0.1, -0.05) is 33.1 Å². The summed E-state index contributed by atoms with van der Waals surface area (Å²) in [5, 5.41) is 2.97. The first-order chi connectivity index (χ1) is 12.1. The molecule has 1 aliphatic heterocycles. The van der Waals surface area contributed by atoms with Crippen LogP contribution in [0.4, 0.5) is 11.4 Å². The predicted octanol–water partition coefficient (Wildman–Crippen LogP) is 3.65. The maximum absolute atomic E-state index is 11.9. The van der Waals surface area contributed by atoms with Crippen molar-refractivity contribution < 1.29 is 9.59 Å². The molecule has 0 unspecified atom stereocenters. The van der Waals surface area contributed by atoms with E-state index in [-0.39, 0.29) is 11.8 Å². The van der Waals surface area contributed by atoms with Crippen molar-refractivity contribution in [3.63, 3.8) is 0 Å². The third-order valence-electron chi connectivity index (χ3n) is 4.71. The van der Waals surface area contributed by atoms with Crippen LogP contribution in [0.2, 0.25) is 0 Å². The molecule has 5 heteroatoms. The fraction of sp³-hybridized carbons (Fsp3) is 0.600. The molecule has 0 aromatic heterocycles. The molecule has 0 spiro atoms. The van der Waals surface area contributed by atoms with Gasteiger partial charge in [0.2, 0.25) is 11.8 Å². The Kier molecular flexibility index (Phi) is 7.76. The Hall–Kier alpha value is -2.04. The molecule has 1 saturated heterocycles. The van der Waals surface area contributed by atoms with E-state index in [0.29, 0.717) is 12.8 Å². The average molecular weight is 345 g/mol. The first-order valence-corrected chi connectivity index (χ1v) is 9.56. The molecule has 1 fully saturated rings. The molecule has 0 aliphatic carbocycles. The molecule has 1 aliphatic rings. The van der Waals surface area contributed by atoms with Crippen LogP contribution >= 0.6 is 0 Å². The van der Waals surface area contributed by atoms with Crippen LogP contribution in [0.1, 0.15) is 52.4 Å². The van der Waals surface area contributed by atoms with E-state index in [2.05, 4.69) is 17.1 Å². The van der Waals surface area contributed by atoms with Gasteiger partial charge in [0, 0.05) is 50.4 Å². The molecular weight excluding hydrogens is 314 g/mol. The fourth-order valence-electron chi connectivity index (χ4n) is 3.13. The van der Waals surface area contributed by atoms with Crippen molar-refractivity contribution in [1.29, 1.82) is 0 Å². The van der Waals surface area contributed by atoms with Gasteiger partial charge in [-0.05, 0) is 30.7 Å². The van der Waals surface area contributed by atoms with Crippen LogP contribution in [0.15, 0.2) is 24.3 Å². The summed E-state index contributed by atoms with van der Waals surface area (Å²) in [4.78, 5) is 27.9. The van der Waals surface area contributed by atoms with Gasteiger partial charge in [0.05, 0.1) is 0 Å². The Morgan fingerprint density at radius 2 is 1.64 bits per heavy atom. The number of rotatable bonds is 8. The van der Waals surface area contributed by atoms with Gasteiger partial charge in [-0.15, -0.1) is 0 Å². The van der Waals surface area contributed by atoms with E-state index >= 15 is 0 Å². The number of hydrogen-bond acceptors (Lipinski definition) is 3. The SMILES string of the molecule is CCCCCCC(=O)Nc1ccc(N2CCN(C(=O)CC)CC2)cc1. The number of hydrogen-bond donors (Lipinski definition) is 1. The number of unbranched alkanes of at least 4 members (excludes halogenated alkanes) is 3. The second-order valence-electron chi connectivity index (χ2n) is 6.63. The zero-order valence-electron chi connectivity index (χ0n) is 15.6. The molecule has 1 heterocycles. The van der Waals surface area contributed by atoms with Gasteiger partial charge in [-0.3, -0.25) is 9.59 Å². The van der Waals surface area contributed by atoms with Gasteiger partial charge in [0.15, 0.2) is 0 Å². The molecule has 1 N–H and O–H groups in total. The van der Waals surface area contributed by atoms with E-state index in [1.165, 1.54) is 12.8 Å². The van der Waals surface area contributed by atoms with Crippen LogP contribution in [-0.4, -0.2) is 42.9 Å². The van der Waals surface area contributed by atoms with E-state index in [1.807, 2.05) is 36.1 Å². The Morgan fingerprint density at radius 3 is 2.24 bits per heavy atom. The standard InChI is InChI=1S/C20H31N3O2/c1-3-5-6-7-8-19(24)21-17-9-11-18(12-10-17)22-13-15-23(16-14-22)20(25)4-2/h9-12H,3-8,13-16H2,1-2H3,(H,21,24). The molecule has 0 atom stereocenters. The number of carbonyl (C=O) groups is 2. The lowest BCUT2D eigenvalue weighted by Gasteiger charge is -2.36. The van der Waals surface area contributed by atoms with Crippen LogP contribution in [0, 0.1) is 0 Å². The summed E-state index contributed by atoms with van der Waals surface area (Å²) in [5.74, 6) is 0.326. The second kappa shape index (κ2) is 10.1. The third kappa shape index (κ3) is 6.07. The summed E-state index contributed by atoms with van der Waals surface area (Å²) in [6.07, 6.45) is 5.62. The number of carbonyl (C=O) groups excluding carboxylic acids is 2. The highest BCUT2D eigenvalue weighted by Crippen LogP contribution is 2.20. The number of piperazine rings is 1. The van der Waals surface area contributed by atoms with Gasteiger partial charge >= 0.3 is 0 Å². The molecule has 138 valence electrons. The Bertz CT molecular complexity index is 549. The summed E-state index contributed by atoms with van der Waals surface area (Å²) >= 11 is 0. The van der Waals surface area contributed by atoms with Gasteiger partial charge in [0.1, 0.15) is 0 Å². The minimum absolute atomic E-state index is 0.0931. The minimum atomic E-state index is 0.0931. The van der Waals surface area contributed by atoms with Crippen molar-refractivity contribution in [2.24, 2.45) is 0 Å². The number of benzene rings is 1. The van der Waals surface area contributed by atoms with Crippen LogP contribution in [-0.2, 0) is 9.59 Å². The van der Waals surface area contributed by atoms with Crippen LogP contribution in [0.25, 0.3) is 0 Å². The van der Waals surface area contributed by atoms with Gasteiger partial charge in [-0.2, -0.15) is 0 Å². The van der Waals surface area contributed by atoms with E-state index < -0.39 is 0 Å². The summed E-state index contributed by atoms with van der Waals surface area (Å²) in [6.45, 7) is 7.35. The van der Waals surface area contributed by atoms with Crippen molar-refractivity contribution in [2.75, 3.05) is 36.4 Å². The lowest BCUT2D eigenvalue weighted by Crippen LogP contribution is -2.48. The van der Waals surface area contributed by atoms with Crippen molar-refractivity contribution in [3.8, 4) is 0 Å². The molecule has 2 amide bonds. The van der Waals surface area contributed by atoms with E-state index in [1.54, 1.807) is 0 Å². The predicted molar refractivity (Wildman–Crippen MR) is 103 cm³/mol. The highest BCUT2D eigenvalue weighted by Gasteiger charge is 2.19. The van der Waals surface area contributed by atoms with Crippen molar-refractivity contribution in [1.82, 2.24) is 4.90 Å². The molecule has 2 rings (SSSR count). The molecule has 5 nitrogen and oxygen atoms in total. The second-order valence-corrected chi connectivity index (χ2v) is 6.63. The zero-order valence-corrected chi connectivity index (χ0v) is 15.6. The highest BCUT2D eigenvalue weighted by molar-refractivity contribution is 5.90.